The molecule has 5 nitrogen and oxygen atoms in total. The van der Waals surface area contributed by atoms with Crippen LogP contribution in [0.25, 0.3) is 20.7 Å². The first-order valence-electron chi connectivity index (χ1n) is 9.21. The van der Waals surface area contributed by atoms with Crippen molar-refractivity contribution in [2.75, 3.05) is 11.1 Å². The summed E-state index contributed by atoms with van der Waals surface area (Å²) < 4.78 is 1.70. The molecule has 8 heteroatoms. The molecule has 0 fully saturated rings. The average molecular weight is 442 g/mol. The number of carbonyl (C=O) groups is 1. The van der Waals surface area contributed by atoms with Crippen LogP contribution in [-0.4, -0.2) is 21.2 Å². The van der Waals surface area contributed by atoms with Crippen LogP contribution in [0.2, 0.25) is 0 Å². The number of hydrogen-bond acceptors (Lipinski definition) is 6. The van der Waals surface area contributed by atoms with Crippen molar-refractivity contribution in [3.8, 4) is 10.4 Å². The molecule has 29 heavy (non-hydrogen) atoms. The van der Waals surface area contributed by atoms with Crippen LogP contribution in [0.3, 0.4) is 0 Å². The normalized spacial score (nSPS) is 11.1. The van der Waals surface area contributed by atoms with E-state index in [0.717, 1.165) is 21.0 Å². The molecule has 3 aromatic heterocycles. The van der Waals surface area contributed by atoms with Gasteiger partial charge in [0.25, 0.3) is 5.56 Å². The van der Waals surface area contributed by atoms with Gasteiger partial charge in [-0.25, -0.2) is 4.98 Å². The van der Waals surface area contributed by atoms with E-state index >= 15 is 0 Å². The third-order valence-electron chi connectivity index (χ3n) is 4.38. The SMILES string of the molecule is CCn1c(SCCC(=O)Nc2ccccc2)nc2scc(-c3cccs3)c2c1=O. The van der Waals surface area contributed by atoms with Gasteiger partial charge < -0.3 is 5.32 Å². The molecular weight excluding hydrogens is 422 g/mol. The molecule has 0 spiro atoms. The minimum Gasteiger partial charge on any atom is -0.326 e. The molecule has 1 amide bonds. The smallest absolute Gasteiger partial charge is 0.263 e. The molecule has 148 valence electrons. The summed E-state index contributed by atoms with van der Waals surface area (Å²) in [6, 6.07) is 13.4. The molecule has 4 rings (SSSR count). The molecule has 4 aromatic rings. The second-order valence-electron chi connectivity index (χ2n) is 6.26. The van der Waals surface area contributed by atoms with Crippen LogP contribution in [0.1, 0.15) is 13.3 Å². The van der Waals surface area contributed by atoms with Gasteiger partial charge in [-0.2, -0.15) is 0 Å². The zero-order valence-electron chi connectivity index (χ0n) is 15.8. The Labute approximate surface area is 180 Å². The van der Waals surface area contributed by atoms with Gasteiger partial charge in [-0.05, 0) is 30.5 Å². The number of amides is 1. The van der Waals surface area contributed by atoms with Gasteiger partial charge in [-0.3, -0.25) is 14.2 Å². The molecule has 0 aliphatic carbocycles. The fourth-order valence-corrected chi connectivity index (χ4v) is 5.79. The number of fused-ring (bicyclic) bond motifs is 1. The van der Waals surface area contributed by atoms with Crippen LogP contribution in [0.5, 0.6) is 0 Å². The molecule has 3 heterocycles. The standard InChI is InChI=1S/C21H19N3O2S3/c1-2-24-20(26)18-15(16-9-6-11-27-16)13-29-19(18)23-21(24)28-12-10-17(25)22-14-7-4-3-5-8-14/h3-9,11,13H,2,10,12H2,1H3,(H,22,25). The zero-order chi connectivity index (χ0) is 20.2. The van der Waals surface area contributed by atoms with Gasteiger partial charge in [-0.15, -0.1) is 22.7 Å². The predicted octanol–water partition coefficient (Wildman–Crippen LogP) is 5.33. The van der Waals surface area contributed by atoms with Crippen molar-refractivity contribution in [2.45, 2.75) is 25.0 Å². The van der Waals surface area contributed by atoms with E-state index in [1.54, 1.807) is 15.9 Å². The quantitative estimate of drug-likeness (QED) is 0.311. The Morgan fingerprint density at radius 3 is 2.72 bits per heavy atom. The summed E-state index contributed by atoms with van der Waals surface area (Å²) in [4.78, 5) is 31.9. The summed E-state index contributed by atoms with van der Waals surface area (Å²) in [7, 11) is 0. The Balaban J connectivity index is 1.52. The third-order valence-corrected chi connectivity index (χ3v) is 7.13. The fraction of sp³-hybridized carbons (Fsp3) is 0.190. The highest BCUT2D eigenvalue weighted by molar-refractivity contribution is 7.99. The van der Waals surface area contributed by atoms with E-state index in [1.165, 1.54) is 23.1 Å². The molecule has 0 bridgehead atoms. The van der Waals surface area contributed by atoms with E-state index < -0.39 is 0 Å². The maximum Gasteiger partial charge on any atom is 0.263 e. The lowest BCUT2D eigenvalue weighted by Gasteiger charge is -2.10. The predicted molar refractivity (Wildman–Crippen MR) is 123 cm³/mol. The van der Waals surface area contributed by atoms with Crippen molar-refractivity contribution in [3.05, 3.63) is 63.6 Å². The van der Waals surface area contributed by atoms with Crippen LogP contribution in [-0.2, 0) is 11.3 Å². The highest BCUT2D eigenvalue weighted by Gasteiger charge is 2.17. The number of thiophene rings is 2. The van der Waals surface area contributed by atoms with Crippen molar-refractivity contribution in [1.29, 1.82) is 0 Å². The number of thioether (sulfide) groups is 1. The lowest BCUT2D eigenvalue weighted by Crippen LogP contribution is -2.22. The van der Waals surface area contributed by atoms with Gasteiger partial charge in [0.15, 0.2) is 5.16 Å². The van der Waals surface area contributed by atoms with Gasteiger partial charge in [0.1, 0.15) is 4.83 Å². The van der Waals surface area contributed by atoms with Crippen molar-refractivity contribution in [1.82, 2.24) is 9.55 Å². The number of nitrogens with zero attached hydrogens (tertiary/aromatic N) is 2. The molecule has 0 saturated carbocycles. The Hall–Kier alpha value is -2.42. The van der Waals surface area contributed by atoms with Gasteiger partial charge in [0.05, 0.1) is 5.39 Å². The molecule has 0 aliphatic heterocycles. The minimum atomic E-state index is -0.0497. The highest BCUT2D eigenvalue weighted by atomic mass is 32.2. The van der Waals surface area contributed by atoms with E-state index in [2.05, 4.69) is 5.32 Å². The molecule has 0 saturated heterocycles. The monoisotopic (exact) mass is 441 g/mol. The lowest BCUT2D eigenvalue weighted by molar-refractivity contribution is -0.115. The molecule has 0 radical (unpaired) electrons. The van der Waals surface area contributed by atoms with E-state index in [-0.39, 0.29) is 11.5 Å². The summed E-state index contributed by atoms with van der Waals surface area (Å²) in [6.45, 7) is 2.48. The van der Waals surface area contributed by atoms with Gasteiger partial charge in [-0.1, -0.05) is 36.0 Å². The number of rotatable bonds is 7. The zero-order valence-corrected chi connectivity index (χ0v) is 18.2. The number of hydrogen-bond donors (Lipinski definition) is 1. The van der Waals surface area contributed by atoms with Gasteiger partial charge in [0, 0.05) is 40.2 Å². The van der Waals surface area contributed by atoms with E-state index in [9.17, 15) is 9.59 Å². The number of para-hydroxylation sites is 1. The number of carbonyl (C=O) groups excluding carboxylic acids is 1. The number of benzene rings is 1. The van der Waals surface area contributed by atoms with Crippen molar-refractivity contribution in [2.24, 2.45) is 0 Å². The molecular formula is C21H19N3O2S3. The molecule has 1 aromatic carbocycles. The third kappa shape index (κ3) is 4.29. The summed E-state index contributed by atoms with van der Waals surface area (Å²) in [5.41, 5.74) is 1.73. The van der Waals surface area contributed by atoms with Gasteiger partial charge in [0.2, 0.25) is 5.91 Å². The number of anilines is 1. The Morgan fingerprint density at radius 1 is 1.17 bits per heavy atom. The van der Waals surface area contributed by atoms with Crippen LogP contribution >= 0.6 is 34.4 Å². The topological polar surface area (TPSA) is 64.0 Å². The number of aromatic nitrogens is 2. The van der Waals surface area contributed by atoms with E-state index in [4.69, 9.17) is 4.98 Å². The molecule has 0 unspecified atom stereocenters. The highest BCUT2D eigenvalue weighted by Crippen LogP contribution is 2.34. The second-order valence-corrected chi connectivity index (χ2v) is 9.13. The average Bonchev–Trinajstić information content (AvgIpc) is 3.38. The van der Waals surface area contributed by atoms with Crippen LogP contribution in [0.15, 0.2) is 63.2 Å². The largest absolute Gasteiger partial charge is 0.326 e. The summed E-state index contributed by atoms with van der Waals surface area (Å²) >= 11 is 4.56. The van der Waals surface area contributed by atoms with Crippen LogP contribution < -0.4 is 10.9 Å². The van der Waals surface area contributed by atoms with Crippen LogP contribution in [0.4, 0.5) is 5.69 Å². The second kappa shape index (κ2) is 8.94. The first-order chi connectivity index (χ1) is 14.2. The Kier molecular flexibility index (Phi) is 6.13. The Bertz CT molecular complexity index is 1180. The fourth-order valence-electron chi connectivity index (χ4n) is 2.99. The minimum absolute atomic E-state index is 0.0154. The molecule has 0 aliphatic rings. The number of nitrogens with one attached hydrogen (secondary N) is 1. The van der Waals surface area contributed by atoms with Crippen molar-refractivity contribution >= 4 is 56.2 Å². The Morgan fingerprint density at radius 2 is 2.00 bits per heavy atom. The summed E-state index contributed by atoms with van der Waals surface area (Å²) in [5, 5.41) is 8.24. The van der Waals surface area contributed by atoms with Gasteiger partial charge >= 0.3 is 0 Å². The molecule has 0 atom stereocenters. The lowest BCUT2D eigenvalue weighted by atomic mass is 10.2. The van der Waals surface area contributed by atoms with E-state index in [1.807, 2.05) is 60.1 Å². The maximum absolute atomic E-state index is 13.1. The summed E-state index contributed by atoms with van der Waals surface area (Å²) in [6.07, 6.45) is 0.349. The summed E-state index contributed by atoms with van der Waals surface area (Å²) in [5.74, 6) is 0.506. The first kappa shape index (κ1) is 19.9. The van der Waals surface area contributed by atoms with Crippen molar-refractivity contribution < 1.29 is 4.79 Å². The maximum atomic E-state index is 13.1. The first-order valence-corrected chi connectivity index (χ1v) is 12.0. The van der Waals surface area contributed by atoms with Crippen LogP contribution in [0, 0.1) is 0 Å². The van der Waals surface area contributed by atoms with E-state index in [0.29, 0.717) is 29.3 Å². The molecule has 1 N–H and O–H groups in total. The van der Waals surface area contributed by atoms with Crippen molar-refractivity contribution in [3.63, 3.8) is 0 Å².